The maximum Gasteiger partial charge on any atom is 0.231 e. The second kappa shape index (κ2) is 3.81. The molecule has 0 aromatic heterocycles. The van der Waals surface area contributed by atoms with Crippen molar-refractivity contribution in [2.75, 3.05) is 6.79 Å². The van der Waals surface area contributed by atoms with Crippen molar-refractivity contribution in [3.63, 3.8) is 0 Å². The number of Topliss-reactive ketones (excluding diaryl/α,β-unsaturated/α-hetero) is 1. The number of carbonyl (C=O) groups excluding carboxylic acids is 1. The SMILES string of the molecule is O=C(Cc1ccc2c(c1)OCO2)C1CCC1. The zero-order chi connectivity index (χ0) is 11.0. The minimum Gasteiger partial charge on any atom is -0.454 e. The van der Waals surface area contributed by atoms with Crippen LogP contribution in [0.25, 0.3) is 0 Å². The number of benzene rings is 1. The monoisotopic (exact) mass is 218 g/mol. The normalized spacial score (nSPS) is 18.2. The molecule has 0 spiro atoms. The van der Waals surface area contributed by atoms with E-state index in [1.54, 1.807) is 0 Å². The Labute approximate surface area is 94.4 Å². The highest BCUT2D eigenvalue weighted by molar-refractivity contribution is 5.84. The number of ether oxygens (including phenoxy) is 2. The van der Waals surface area contributed by atoms with Gasteiger partial charge in [-0.05, 0) is 30.5 Å². The van der Waals surface area contributed by atoms with Gasteiger partial charge < -0.3 is 9.47 Å². The third-order valence-corrected chi connectivity index (χ3v) is 3.38. The van der Waals surface area contributed by atoms with Gasteiger partial charge in [0.15, 0.2) is 11.5 Å². The first-order chi connectivity index (χ1) is 7.83. The van der Waals surface area contributed by atoms with Gasteiger partial charge in [-0.2, -0.15) is 0 Å². The quantitative estimate of drug-likeness (QED) is 0.781. The fraction of sp³-hybridized carbons (Fsp3) is 0.462. The molecule has 0 saturated heterocycles. The van der Waals surface area contributed by atoms with Crippen LogP contribution in [0, 0.1) is 5.92 Å². The Bertz CT molecular complexity index is 421. The summed E-state index contributed by atoms with van der Waals surface area (Å²) in [6.45, 7) is 0.287. The van der Waals surface area contributed by atoms with Crippen LogP contribution in [-0.4, -0.2) is 12.6 Å². The lowest BCUT2D eigenvalue weighted by atomic mass is 9.80. The van der Waals surface area contributed by atoms with Crippen molar-refractivity contribution in [2.45, 2.75) is 25.7 Å². The van der Waals surface area contributed by atoms with Gasteiger partial charge in [0.05, 0.1) is 0 Å². The molecule has 1 aromatic rings. The zero-order valence-corrected chi connectivity index (χ0v) is 9.07. The number of rotatable bonds is 3. The van der Waals surface area contributed by atoms with Gasteiger partial charge in [0.2, 0.25) is 6.79 Å². The summed E-state index contributed by atoms with van der Waals surface area (Å²) in [5.74, 6) is 2.22. The molecule has 3 heteroatoms. The van der Waals surface area contributed by atoms with E-state index < -0.39 is 0 Å². The van der Waals surface area contributed by atoms with E-state index in [9.17, 15) is 4.79 Å². The summed E-state index contributed by atoms with van der Waals surface area (Å²) in [6.07, 6.45) is 3.88. The van der Waals surface area contributed by atoms with Crippen LogP contribution in [0.1, 0.15) is 24.8 Å². The second-order valence-corrected chi connectivity index (χ2v) is 4.46. The van der Waals surface area contributed by atoms with Crippen molar-refractivity contribution >= 4 is 5.78 Å². The Hall–Kier alpha value is -1.51. The van der Waals surface area contributed by atoms with Crippen molar-refractivity contribution in [1.82, 2.24) is 0 Å². The number of carbonyl (C=O) groups is 1. The van der Waals surface area contributed by atoms with Crippen molar-refractivity contribution in [2.24, 2.45) is 5.92 Å². The molecule has 84 valence electrons. The fourth-order valence-electron chi connectivity index (χ4n) is 2.13. The van der Waals surface area contributed by atoms with Gasteiger partial charge in [-0.15, -0.1) is 0 Å². The van der Waals surface area contributed by atoms with E-state index in [-0.39, 0.29) is 6.79 Å². The smallest absolute Gasteiger partial charge is 0.231 e. The van der Waals surface area contributed by atoms with E-state index in [0.29, 0.717) is 18.1 Å². The maximum atomic E-state index is 11.8. The lowest BCUT2D eigenvalue weighted by molar-refractivity contribution is -0.124. The van der Waals surface area contributed by atoms with E-state index in [1.807, 2.05) is 18.2 Å². The molecule has 1 fully saturated rings. The Balaban J connectivity index is 1.72. The first-order valence-electron chi connectivity index (χ1n) is 5.74. The number of hydrogen-bond acceptors (Lipinski definition) is 3. The number of hydrogen-bond donors (Lipinski definition) is 0. The van der Waals surface area contributed by atoms with Gasteiger partial charge in [0, 0.05) is 12.3 Å². The van der Waals surface area contributed by atoms with Gasteiger partial charge >= 0.3 is 0 Å². The molecule has 16 heavy (non-hydrogen) atoms. The van der Waals surface area contributed by atoms with E-state index in [4.69, 9.17) is 9.47 Å². The predicted molar refractivity (Wildman–Crippen MR) is 58.6 cm³/mol. The predicted octanol–water partition coefficient (Wildman–Crippen LogP) is 2.33. The van der Waals surface area contributed by atoms with E-state index in [1.165, 1.54) is 6.42 Å². The summed E-state index contributed by atoms with van der Waals surface area (Å²) in [4.78, 5) is 11.8. The Morgan fingerprint density at radius 3 is 2.81 bits per heavy atom. The molecule has 1 saturated carbocycles. The topological polar surface area (TPSA) is 35.5 Å². The molecule has 0 N–H and O–H groups in total. The highest BCUT2D eigenvalue weighted by Gasteiger charge is 2.25. The molecule has 0 atom stereocenters. The average Bonchev–Trinajstić information content (AvgIpc) is 2.61. The highest BCUT2D eigenvalue weighted by atomic mass is 16.7. The third-order valence-electron chi connectivity index (χ3n) is 3.38. The van der Waals surface area contributed by atoms with Gasteiger partial charge in [-0.3, -0.25) is 4.79 Å². The molecule has 3 nitrogen and oxygen atoms in total. The summed E-state index contributed by atoms with van der Waals surface area (Å²) in [5, 5.41) is 0. The van der Waals surface area contributed by atoms with Crippen molar-refractivity contribution in [3.8, 4) is 11.5 Å². The standard InChI is InChI=1S/C13H14O3/c14-11(10-2-1-3-10)6-9-4-5-12-13(7-9)16-8-15-12/h4-5,7,10H,1-3,6,8H2. The molecule has 1 aliphatic carbocycles. The van der Waals surface area contributed by atoms with Crippen LogP contribution >= 0.6 is 0 Å². The summed E-state index contributed by atoms with van der Waals surface area (Å²) in [7, 11) is 0. The third kappa shape index (κ3) is 1.66. The molecule has 0 unspecified atom stereocenters. The molecule has 3 rings (SSSR count). The molecule has 1 aromatic carbocycles. The van der Waals surface area contributed by atoms with Gasteiger partial charge in [0.1, 0.15) is 5.78 Å². The molecule has 0 bridgehead atoms. The second-order valence-electron chi connectivity index (χ2n) is 4.46. The van der Waals surface area contributed by atoms with Crippen molar-refractivity contribution in [1.29, 1.82) is 0 Å². The van der Waals surface area contributed by atoms with E-state index in [2.05, 4.69) is 0 Å². The Morgan fingerprint density at radius 1 is 1.25 bits per heavy atom. The van der Waals surface area contributed by atoms with Crippen LogP contribution in [0.2, 0.25) is 0 Å². The summed E-state index contributed by atoms with van der Waals surface area (Å²) >= 11 is 0. The molecule has 1 aliphatic heterocycles. The van der Waals surface area contributed by atoms with Crippen LogP contribution in [0.3, 0.4) is 0 Å². The molecular formula is C13H14O3. The number of ketones is 1. The van der Waals surface area contributed by atoms with E-state index >= 15 is 0 Å². The number of fused-ring (bicyclic) bond motifs is 1. The van der Waals surface area contributed by atoms with Crippen LogP contribution < -0.4 is 9.47 Å². The average molecular weight is 218 g/mol. The zero-order valence-electron chi connectivity index (χ0n) is 9.07. The van der Waals surface area contributed by atoms with Crippen LogP contribution in [0.5, 0.6) is 11.5 Å². The van der Waals surface area contributed by atoms with E-state index in [0.717, 1.165) is 29.9 Å². The maximum absolute atomic E-state index is 11.8. The minimum absolute atomic E-state index is 0.287. The first-order valence-corrected chi connectivity index (χ1v) is 5.74. The van der Waals surface area contributed by atoms with Crippen LogP contribution in [0.15, 0.2) is 18.2 Å². The minimum atomic E-state index is 0.287. The summed E-state index contributed by atoms with van der Waals surface area (Å²) < 4.78 is 10.5. The Morgan fingerprint density at radius 2 is 2.06 bits per heavy atom. The lowest BCUT2D eigenvalue weighted by Gasteiger charge is -2.23. The molecule has 1 heterocycles. The van der Waals surface area contributed by atoms with Crippen molar-refractivity contribution in [3.05, 3.63) is 23.8 Å². The largest absolute Gasteiger partial charge is 0.454 e. The summed E-state index contributed by atoms with van der Waals surface area (Å²) in [6, 6.07) is 5.74. The summed E-state index contributed by atoms with van der Waals surface area (Å²) in [5.41, 5.74) is 1.03. The highest BCUT2D eigenvalue weighted by Crippen LogP contribution is 2.34. The van der Waals surface area contributed by atoms with Gasteiger partial charge in [-0.25, -0.2) is 0 Å². The van der Waals surface area contributed by atoms with Gasteiger partial charge in [0.25, 0.3) is 0 Å². The van der Waals surface area contributed by atoms with Gasteiger partial charge in [-0.1, -0.05) is 12.5 Å². The van der Waals surface area contributed by atoms with Crippen LogP contribution in [0.4, 0.5) is 0 Å². The molecule has 2 aliphatic rings. The molecule has 0 amide bonds. The lowest BCUT2D eigenvalue weighted by Crippen LogP contribution is -2.23. The first kappa shape index (κ1) is 9.70. The Kier molecular flexibility index (Phi) is 2.31. The van der Waals surface area contributed by atoms with Crippen LogP contribution in [-0.2, 0) is 11.2 Å². The molecule has 0 radical (unpaired) electrons. The fourth-order valence-corrected chi connectivity index (χ4v) is 2.13. The van der Waals surface area contributed by atoms with Crippen molar-refractivity contribution < 1.29 is 14.3 Å². The molecular weight excluding hydrogens is 204 g/mol.